The monoisotopic (exact) mass is 298 g/mol. The van der Waals surface area contributed by atoms with E-state index in [0.29, 0.717) is 16.2 Å². The van der Waals surface area contributed by atoms with Gasteiger partial charge < -0.3 is 10.6 Å². The summed E-state index contributed by atoms with van der Waals surface area (Å²) in [6, 6.07) is 16.6. The summed E-state index contributed by atoms with van der Waals surface area (Å²) in [5, 5.41) is 6.72. The lowest BCUT2D eigenvalue weighted by molar-refractivity contribution is 0.103. The quantitative estimate of drug-likeness (QED) is 0.653. The van der Waals surface area contributed by atoms with Gasteiger partial charge in [0, 0.05) is 17.7 Å². The van der Waals surface area contributed by atoms with Crippen LogP contribution in [0.15, 0.2) is 54.6 Å². The third-order valence-corrected chi connectivity index (χ3v) is 3.24. The molecule has 21 heavy (non-hydrogen) atoms. The lowest BCUT2D eigenvalue weighted by Crippen LogP contribution is -2.29. The van der Waals surface area contributed by atoms with Gasteiger partial charge >= 0.3 is 0 Å². The molecular formula is C17H18N2OS. The molecule has 0 radical (unpaired) electrons. The van der Waals surface area contributed by atoms with Crippen LogP contribution in [0.3, 0.4) is 0 Å². The molecule has 0 fully saturated rings. The highest BCUT2D eigenvalue weighted by molar-refractivity contribution is 7.80. The van der Waals surface area contributed by atoms with Gasteiger partial charge in [0.1, 0.15) is 0 Å². The fourth-order valence-electron chi connectivity index (χ4n) is 1.94. The SMILES string of the molecule is CCCNC(=S)Nc1ccccc1C(=O)c1ccccc1. The van der Waals surface area contributed by atoms with Crippen molar-refractivity contribution in [1.82, 2.24) is 5.32 Å². The number of rotatable bonds is 5. The summed E-state index contributed by atoms with van der Waals surface area (Å²) < 4.78 is 0. The van der Waals surface area contributed by atoms with E-state index >= 15 is 0 Å². The van der Waals surface area contributed by atoms with E-state index in [9.17, 15) is 4.79 Å². The van der Waals surface area contributed by atoms with E-state index in [2.05, 4.69) is 17.6 Å². The van der Waals surface area contributed by atoms with Gasteiger partial charge in [0.05, 0.1) is 5.69 Å². The highest BCUT2D eigenvalue weighted by Gasteiger charge is 2.13. The Bertz CT molecular complexity index is 626. The Hall–Kier alpha value is -2.20. The molecule has 0 bridgehead atoms. The number of ketones is 1. The number of nitrogens with one attached hydrogen (secondary N) is 2. The lowest BCUT2D eigenvalue weighted by atomic mass is 10.0. The Kier molecular flexibility index (Phi) is 5.46. The van der Waals surface area contributed by atoms with Crippen molar-refractivity contribution in [3.8, 4) is 0 Å². The zero-order valence-electron chi connectivity index (χ0n) is 11.9. The maximum atomic E-state index is 12.6. The summed E-state index contributed by atoms with van der Waals surface area (Å²) in [7, 11) is 0. The van der Waals surface area contributed by atoms with Crippen LogP contribution in [-0.4, -0.2) is 17.4 Å². The predicted molar refractivity (Wildman–Crippen MR) is 90.8 cm³/mol. The maximum absolute atomic E-state index is 12.6. The predicted octanol–water partition coefficient (Wildman–Crippen LogP) is 3.61. The van der Waals surface area contributed by atoms with Crippen LogP contribution in [0.5, 0.6) is 0 Å². The Balaban J connectivity index is 2.21. The van der Waals surface area contributed by atoms with Crippen molar-refractivity contribution in [2.24, 2.45) is 0 Å². The first-order chi connectivity index (χ1) is 10.2. The molecule has 3 nitrogen and oxygen atoms in total. The van der Waals surface area contributed by atoms with E-state index in [1.165, 1.54) is 0 Å². The van der Waals surface area contributed by atoms with Gasteiger partial charge in [0.2, 0.25) is 0 Å². The Labute approximate surface area is 130 Å². The number of para-hydroxylation sites is 1. The van der Waals surface area contributed by atoms with Gasteiger partial charge in [-0.3, -0.25) is 4.79 Å². The number of thiocarbonyl (C=S) groups is 1. The highest BCUT2D eigenvalue weighted by Crippen LogP contribution is 2.19. The van der Waals surface area contributed by atoms with E-state index in [1.54, 1.807) is 6.07 Å². The molecule has 0 unspecified atom stereocenters. The molecule has 4 heteroatoms. The molecule has 2 aromatic carbocycles. The molecule has 0 aromatic heterocycles. The smallest absolute Gasteiger partial charge is 0.195 e. The molecule has 0 aliphatic rings. The topological polar surface area (TPSA) is 41.1 Å². The van der Waals surface area contributed by atoms with Crippen LogP contribution >= 0.6 is 12.2 Å². The number of carbonyl (C=O) groups excluding carboxylic acids is 1. The normalized spacial score (nSPS) is 9.95. The Morgan fingerprint density at radius 2 is 1.71 bits per heavy atom. The minimum absolute atomic E-state index is 0.0167. The van der Waals surface area contributed by atoms with Crippen LogP contribution in [-0.2, 0) is 0 Å². The molecule has 0 amide bonds. The Morgan fingerprint density at radius 1 is 1.05 bits per heavy atom. The van der Waals surface area contributed by atoms with E-state index in [0.717, 1.165) is 18.7 Å². The van der Waals surface area contributed by atoms with Gasteiger partial charge in [-0.25, -0.2) is 0 Å². The fourth-order valence-corrected chi connectivity index (χ4v) is 2.15. The van der Waals surface area contributed by atoms with Gasteiger partial charge in [0.25, 0.3) is 0 Å². The molecule has 0 atom stereocenters. The summed E-state index contributed by atoms with van der Waals surface area (Å²) in [4.78, 5) is 12.6. The first kappa shape index (κ1) is 15.2. The van der Waals surface area contributed by atoms with E-state index in [1.807, 2.05) is 48.5 Å². The largest absolute Gasteiger partial charge is 0.362 e. The van der Waals surface area contributed by atoms with Gasteiger partial charge in [-0.1, -0.05) is 49.4 Å². The fraction of sp³-hybridized carbons (Fsp3) is 0.176. The van der Waals surface area contributed by atoms with Crippen LogP contribution in [0.25, 0.3) is 0 Å². The summed E-state index contributed by atoms with van der Waals surface area (Å²) >= 11 is 5.23. The molecule has 2 aromatic rings. The second-order valence-corrected chi connectivity index (χ2v) is 5.03. The second-order valence-electron chi connectivity index (χ2n) is 4.62. The number of anilines is 1. The van der Waals surface area contributed by atoms with E-state index in [-0.39, 0.29) is 5.78 Å². The Morgan fingerprint density at radius 3 is 2.43 bits per heavy atom. The van der Waals surface area contributed by atoms with Gasteiger partial charge in [0.15, 0.2) is 10.9 Å². The standard InChI is InChI=1S/C17H18N2OS/c1-2-12-18-17(21)19-15-11-7-6-10-14(15)16(20)13-8-4-3-5-9-13/h3-11H,2,12H2,1H3,(H2,18,19,21). The van der Waals surface area contributed by atoms with Crippen molar-refractivity contribution in [2.45, 2.75) is 13.3 Å². The molecular weight excluding hydrogens is 280 g/mol. The first-order valence-electron chi connectivity index (χ1n) is 6.96. The molecule has 2 rings (SSSR count). The summed E-state index contributed by atoms with van der Waals surface area (Å²) in [6.45, 7) is 2.88. The number of hydrogen-bond acceptors (Lipinski definition) is 2. The third-order valence-electron chi connectivity index (χ3n) is 2.99. The first-order valence-corrected chi connectivity index (χ1v) is 7.37. The minimum atomic E-state index is -0.0167. The van der Waals surface area contributed by atoms with Crippen LogP contribution in [0.2, 0.25) is 0 Å². The average Bonchev–Trinajstić information content (AvgIpc) is 2.53. The molecule has 0 aliphatic carbocycles. The molecule has 0 saturated heterocycles. The zero-order chi connectivity index (χ0) is 15.1. The van der Waals surface area contributed by atoms with Gasteiger partial charge in [-0.05, 0) is 30.8 Å². The number of hydrogen-bond donors (Lipinski definition) is 2. The van der Waals surface area contributed by atoms with Gasteiger partial charge in [-0.15, -0.1) is 0 Å². The van der Waals surface area contributed by atoms with E-state index < -0.39 is 0 Å². The van der Waals surface area contributed by atoms with Crippen molar-refractivity contribution in [3.05, 3.63) is 65.7 Å². The van der Waals surface area contributed by atoms with Crippen molar-refractivity contribution < 1.29 is 4.79 Å². The van der Waals surface area contributed by atoms with Crippen molar-refractivity contribution in [2.75, 3.05) is 11.9 Å². The van der Waals surface area contributed by atoms with Gasteiger partial charge in [-0.2, -0.15) is 0 Å². The minimum Gasteiger partial charge on any atom is -0.362 e. The molecule has 0 heterocycles. The van der Waals surface area contributed by atoms with Crippen LogP contribution in [0, 0.1) is 0 Å². The zero-order valence-corrected chi connectivity index (χ0v) is 12.7. The van der Waals surface area contributed by atoms with Crippen LogP contribution in [0.1, 0.15) is 29.3 Å². The lowest BCUT2D eigenvalue weighted by Gasteiger charge is -2.13. The van der Waals surface area contributed by atoms with E-state index in [4.69, 9.17) is 12.2 Å². The number of benzene rings is 2. The van der Waals surface area contributed by atoms with Crippen molar-refractivity contribution in [3.63, 3.8) is 0 Å². The van der Waals surface area contributed by atoms with Crippen LogP contribution in [0.4, 0.5) is 5.69 Å². The molecule has 108 valence electrons. The maximum Gasteiger partial charge on any atom is 0.195 e. The average molecular weight is 298 g/mol. The van der Waals surface area contributed by atoms with Crippen molar-refractivity contribution >= 4 is 28.8 Å². The summed E-state index contributed by atoms with van der Waals surface area (Å²) in [6.07, 6.45) is 0.992. The summed E-state index contributed by atoms with van der Waals surface area (Å²) in [5.41, 5.74) is 2.00. The number of carbonyl (C=O) groups is 1. The molecule has 0 spiro atoms. The molecule has 2 N–H and O–H groups in total. The third kappa shape index (κ3) is 4.13. The highest BCUT2D eigenvalue weighted by atomic mass is 32.1. The van der Waals surface area contributed by atoms with Crippen molar-refractivity contribution in [1.29, 1.82) is 0 Å². The van der Waals surface area contributed by atoms with Crippen LogP contribution < -0.4 is 10.6 Å². The summed E-state index contributed by atoms with van der Waals surface area (Å²) in [5.74, 6) is -0.0167. The second kappa shape index (κ2) is 7.55. The molecule has 0 aliphatic heterocycles. The molecule has 0 saturated carbocycles.